The lowest BCUT2D eigenvalue weighted by Gasteiger charge is -2.15. The molecule has 1 unspecified atom stereocenters. The average molecular weight is 237 g/mol. The van der Waals surface area contributed by atoms with E-state index in [9.17, 15) is 4.79 Å². The Balaban J connectivity index is 2.77. The fourth-order valence-corrected chi connectivity index (χ4v) is 1.60. The van der Waals surface area contributed by atoms with Crippen molar-refractivity contribution in [2.75, 3.05) is 13.7 Å². The number of hydrogen-bond donors (Lipinski definition) is 2. The van der Waals surface area contributed by atoms with Gasteiger partial charge >= 0.3 is 5.97 Å². The molecule has 0 saturated heterocycles. The molecule has 0 aromatic heterocycles. The maximum atomic E-state index is 10.7. The van der Waals surface area contributed by atoms with E-state index in [1.807, 2.05) is 31.2 Å². The highest BCUT2D eigenvalue weighted by molar-refractivity contribution is 5.68. The van der Waals surface area contributed by atoms with E-state index < -0.39 is 5.97 Å². The van der Waals surface area contributed by atoms with Crippen LogP contribution in [0.15, 0.2) is 24.3 Å². The highest BCUT2D eigenvalue weighted by atomic mass is 16.5. The Bertz CT molecular complexity index is 365. The summed E-state index contributed by atoms with van der Waals surface area (Å²) in [5.41, 5.74) is 0.934. The van der Waals surface area contributed by atoms with Crippen molar-refractivity contribution >= 4 is 5.97 Å². The van der Waals surface area contributed by atoms with Gasteiger partial charge in [-0.05, 0) is 31.2 Å². The number of carboxylic acids is 1. The smallest absolute Gasteiger partial charge is 0.305 e. The largest absolute Gasteiger partial charge is 0.494 e. The van der Waals surface area contributed by atoms with E-state index in [-0.39, 0.29) is 12.5 Å². The number of nitrogens with one attached hydrogen (secondary N) is 1. The van der Waals surface area contributed by atoms with Gasteiger partial charge in [0, 0.05) is 6.04 Å². The number of carbonyl (C=O) groups is 1. The summed E-state index contributed by atoms with van der Waals surface area (Å²) in [6, 6.07) is 7.37. The van der Waals surface area contributed by atoms with Gasteiger partial charge in [-0.2, -0.15) is 0 Å². The van der Waals surface area contributed by atoms with Crippen LogP contribution in [0.4, 0.5) is 0 Å². The molecule has 0 fully saturated rings. The van der Waals surface area contributed by atoms with Crippen LogP contribution in [0.25, 0.3) is 0 Å². The molecule has 2 N–H and O–H groups in total. The van der Waals surface area contributed by atoms with Crippen molar-refractivity contribution in [3.05, 3.63) is 29.8 Å². The van der Waals surface area contributed by atoms with Crippen LogP contribution in [0.1, 0.15) is 31.4 Å². The Kier molecular flexibility index (Phi) is 5.49. The molecule has 94 valence electrons. The van der Waals surface area contributed by atoms with Crippen LogP contribution < -0.4 is 10.1 Å². The van der Waals surface area contributed by atoms with Crippen molar-refractivity contribution in [1.29, 1.82) is 0 Å². The van der Waals surface area contributed by atoms with E-state index in [0.717, 1.165) is 17.7 Å². The van der Waals surface area contributed by atoms with Gasteiger partial charge in [0.15, 0.2) is 0 Å². The first-order valence-electron chi connectivity index (χ1n) is 5.79. The first kappa shape index (κ1) is 13.5. The van der Waals surface area contributed by atoms with Crippen molar-refractivity contribution in [3.63, 3.8) is 0 Å². The normalized spacial score (nSPS) is 12.1. The predicted molar refractivity (Wildman–Crippen MR) is 66.3 cm³/mol. The van der Waals surface area contributed by atoms with Gasteiger partial charge in [0.1, 0.15) is 5.75 Å². The van der Waals surface area contributed by atoms with Crippen molar-refractivity contribution in [1.82, 2.24) is 5.32 Å². The first-order chi connectivity index (χ1) is 8.17. The molecule has 0 aliphatic carbocycles. The second-order valence-corrected chi connectivity index (χ2v) is 3.86. The van der Waals surface area contributed by atoms with E-state index in [4.69, 9.17) is 9.84 Å². The van der Waals surface area contributed by atoms with E-state index in [1.54, 1.807) is 7.05 Å². The molecule has 1 atom stereocenters. The standard InChI is InChI=1S/C13H19NO3/c1-3-7-17-11-6-4-5-10(8-11)12(14-2)9-13(15)16/h4-6,8,12,14H,3,7,9H2,1-2H3,(H,15,16). The molecule has 0 aliphatic rings. The highest BCUT2D eigenvalue weighted by Gasteiger charge is 2.13. The number of hydrogen-bond acceptors (Lipinski definition) is 3. The number of benzene rings is 1. The van der Waals surface area contributed by atoms with Crippen LogP contribution in [-0.4, -0.2) is 24.7 Å². The maximum absolute atomic E-state index is 10.7. The zero-order valence-electron chi connectivity index (χ0n) is 10.3. The fourth-order valence-electron chi connectivity index (χ4n) is 1.60. The monoisotopic (exact) mass is 237 g/mol. The van der Waals surface area contributed by atoms with Gasteiger partial charge in [-0.1, -0.05) is 19.1 Å². The molecule has 0 heterocycles. The lowest BCUT2D eigenvalue weighted by molar-refractivity contribution is -0.137. The quantitative estimate of drug-likeness (QED) is 0.763. The molecule has 4 heteroatoms. The number of carboxylic acid groups (broad SMARTS) is 1. The summed E-state index contributed by atoms with van der Waals surface area (Å²) in [5, 5.41) is 11.8. The average Bonchev–Trinajstić information content (AvgIpc) is 2.33. The fraction of sp³-hybridized carbons (Fsp3) is 0.462. The van der Waals surface area contributed by atoms with Gasteiger partial charge in [0.25, 0.3) is 0 Å². The minimum absolute atomic E-state index is 0.0632. The van der Waals surface area contributed by atoms with Crippen molar-refractivity contribution in [3.8, 4) is 5.75 Å². The zero-order chi connectivity index (χ0) is 12.7. The van der Waals surface area contributed by atoms with Crippen LogP contribution in [0.5, 0.6) is 5.75 Å². The van der Waals surface area contributed by atoms with Crippen molar-refractivity contribution in [2.45, 2.75) is 25.8 Å². The SMILES string of the molecule is CCCOc1cccc(C(CC(=O)O)NC)c1. The maximum Gasteiger partial charge on any atom is 0.305 e. The Morgan fingerprint density at radius 2 is 2.29 bits per heavy atom. The van der Waals surface area contributed by atoms with Crippen LogP contribution >= 0.6 is 0 Å². The molecular formula is C13H19NO3. The number of aliphatic carboxylic acids is 1. The van der Waals surface area contributed by atoms with Crippen molar-refractivity contribution < 1.29 is 14.6 Å². The van der Waals surface area contributed by atoms with Gasteiger partial charge in [-0.3, -0.25) is 4.79 Å². The van der Waals surface area contributed by atoms with Crippen LogP contribution in [0, 0.1) is 0 Å². The third kappa shape index (κ3) is 4.44. The molecule has 0 amide bonds. The van der Waals surface area contributed by atoms with E-state index in [1.165, 1.54) is 0 Å². The summed E-state index contributed by atoms with van der Waals surface area (Å²) in [5.74, 6) is -0.0285. The molecule has 4 nitrogen and oxygen atoms in total. The molecule has 1 aromatic carbocycles. The Morgan fingerprint density at radius 1 is 1.53 bits per heavy atom. The van der Waals surface area contributed by atoms with E-state index in [0.29, 0.717) is 6.61 Å². The molecular weight excluding hydrogens is 218 g/mol. The molecule has 1 rings (SSSR count). The predicted octanol–water partition coefficient (Wildman–Crippen LogP) is 2.21. The summed E-state index contributed by atoms with van der Waals surface area (Å²) in [6.07, 6.45) is 1.02. The second-order valence-electron chi connectivity index (χ2n) is 3.86. The third-order valence-corrected chi connectivity index (χ3v) is 2.46. The Morgan fingerprint density at radius 3 is 2.88 bits per heavy atom. The van der Waals surface area contributed by atoms with E-state index in [2.05, 4.69) is 5.32 Å². The summed E-state index contributed by atoms with van der Waals surface area (Å²) in [4.78, 5) is 10.7. The summed E-state index contributed by atoms with van der Waals surface area (Å²) < 4.78 is 5.52. The molecule has 0 radical (unpaired) electrons. The summed E-state index contributed by atoms with van der Waals surface area (Å²) in [6.45, 7) is 2.72. The molecule has 17 heavy (non-hydrogen) atoms. The molecule has 0 aliphatic heterocycles. The van der Waals surface area contributed by atoms with Gasteiger partial charge in [-0.25, -0.2) is 0 Å². The topological polar surface area (TPSA) is 58.6 Å². The van der Waals surface area contributed by atoms with Gasteiger partial charge in [-0.15, -0.1) is 0 Å². The zero-order valence-corrected chi connectivity index (χ0v) is 10.3. The number of ether oxygens (including phenoxy) is 1. The minimum Gasteiger partial charge on any atom is -0.494 e. The van der Waals surface area contributed by atoms with Crippen molar-refractivity contribution in [2.24, 2.45) is 0 Å². The number of rotatable bonds is 7. The van der Waals surface area contributed by atoms with E-state index >= 15 is 0 Å². The summed E-state index contributed by atoms with van der Waals surface area (Å²) in [7, 11) is 1.76. The lowest BCUT2D eigenvalue weighted by Crippen LogP contribution is -2.19. The van der Waals surface area contributed by atoms with Crippen LogP contribution in [0.3, 0.4) is 0 Å². The molecule has 0 spiro atoms. The van der Waals surface area contributed by atoms with Gasteiger partial charge in [0.05, 0.1) is 13.0 Å². The Labute approximate surface area is 102 Å². The summed E-state index contributed by atoms with van der Waals surface area (Å²) >= 11 is 0. The molecule has 0 bridgehead atoms. The Hall–Kier alpha value is -1.55. The minimum atomic E-state index is -0.816. The van der Waals surface area contributed by atoms with Gasteiger partial charge < -0.3 is 15.2 Å². The first-order valence-corrected chi connectivity index (χ1v) is 5.79. The van der Waals surface area contributed by atoms with Crippen LogP contribution in [-0.2, 0) is 4.79 Å². The second kappa shape index (κ2) is 6.91. The molecule has 1 aromatic rings. The third-order valence-electron chi connectivity index (χ3n) is 2.46. The van der Waals surface area contributed by atoms with Gasteiger partial charge in [0.2, 0.25) is 0 Å². The highest BCUT2D eigenvalue weighted by Crippen LogP contribution is 2.21. The molecule has 0 saturated carbocycles. The van der Waals surface area contributed by atoms with Crippen LogP contribution in [0.2, 0.25) is 0 Å². The lowest BCUT2D eigenvalue weighted by atomic mass is 10.0.